The number of nitrogens with one attached hydrogen (secondary N) is 1. The molecule has 1 amide bonds. The van der Waals surface area contributed by atoms with E-state index in [1.54, 1.807) is 17.4 Å². The van der Waals surface area contributed by atoms with Crippen LogP contribution in [0, 0.1) is 6.92 Å². The standard InChI is InChI=1S/C16H14N2O2S/c1-11-8-9-21-14(11)10-17-15(19)6-7-16-18-12-4-2-3-5-13(12)20-16/h2-9H,10H2,1H3,(H,17,19)/b7-6+. The Hall–Kier alpha value is -2.40. The lowest BCUT2D eigenvalue weighted by Gasteiger charge is -2.00. The number of amides is 1. The fourth-order valence-electron chi connectivity index (χ4n) is 1.92. The highest BCUT2D eigenvalue weighted by atomic mass is 32.1. The minimum absolute atomic E-state index is 0.162. The summed E-state index contributed by atoms with van der Waals surface area (Å²) in [5.41, 5.74) is 2.70. The first-order valence-corrected chi connectivity index (χ1v) is 7.45. The fourth-order valence-corrected chi connectivity index (χ4v) is 2.77. The number of nitrogens with zero attached hydrogens (tertiary/aromatic N) is 1. The number of benzene rings is 1. The number of hydrogen-bond acceptors (Lipinski definition) is 4. The number of para-hydroxylation sites is 2. The van der Waals surface area contributed by atoms with Crippen LogP contribution in [-0.4, -0.2) is 10.9 Å². The van der Waals surface area contributed by atoms with Crippen molar-refractivity contribution in [2.75, 3.05) is 0 Å². The Morgan fingerprint density at radius 2 is 2.24 bits per heavy atom. The molecular weight excluding hydrogens is 284 g/mol. The number of aromatic nitrogens is 1. The van der Waals surface area contributed by atoms with Crippen LogP contribution in [0.5, 0.6) is 0 Å². The summed E-state index contributed by atoms with van der Waals surface area (Å²) in [5.74, 6) is 0.267. The Morgan fingerprint density at radius 1 is 1.38 bits per heavy atom. The molecule has 21 heavy (non-hydrogen) atoms. The Labute approximate surface area is 126 Å². The van der Waals surface area contributed by atoms with E-state index in [1.165, 1.54) is 16.5 Å². The van der Waals surface area contributed by atoms with Crippen LogP contribution < -0.4 is 5.32 Å². The molecule has 1 aromatic carbocycles. The van der Waals surface area contributed by atoms with Crippen molar-refractivity contribution in [3.63, 3.8) is 0 Å². The summed E-state index contributed by atoms with van der Waals surface area (Å²) in [6.07, 6.45) is 3.02. The smallest absolute Gasteiger partial charge is 0.244 e. The van der Waals surface area contributed by atoms with Gasteiger partial charge in [0.15, 0.2) is 5.58 Å². The topological polar surface area (TPSA) is 55.1 Å². The third-order valence-electron chi connectivity index (χ3n) is 3.08. The molecule has 0 fully saturated rings. The van der Waals surface area contributed by atoms with Crippen molar-refractivity contribution >= 4 is 34.4 Å². The predicted octanol–water partition coefficient (Wildman–Crippen LogP) is 3.53. The zero-order valence-electron chi connectivity index (χ0n) is 11.5. The van der Waals surface area contributed by atoms with E-state index in [0.717, 1.165) is 5.52 Å². The minimum Gasteiger partial charge on any atom is -0.437 e. The van der Waals surface area contributed by atoms with Crippen molar-refractivity contribution in [1.82, 2.24) is 10.3 Å². The van der Waals surface area contributed by atoms with Gasteiger partial charge >= 0.3 is 0 Å². The van der Waals surface area contributed by atoms with Gasteiger partial charge in [-0.3, -0.25) is 4.79 Å². The van der Waals surface area contributed by atoms with E-state index in [0.29, 0.717) is 18.0 Å². The molecule has 3 rings (SSSR count). The molecule has 0 aliphatic rings. The van der Waals surface area contributed by atoms with Gasteiger partial charge < -0.3 is 9.73 Å². The summed E-state index contributed by atoms with van der Waals surface area (Å²) in [6.45, 7) is 2.58. The number of hydrogen-bond donors (Lipinski definition) is 1. The molecule has 4 nitrogen and oxygen atoms in total. The van der Waals surface area contributed by atoms with Crippen LogP contribution in [0.1, 0.15) is 16.3 Å². The second-order valence-corrected chi connectivity index (χ2v) is 5.60. The van der Waals surface area contributed by atoms with E-state index in [1.807, 2.05) is 42.6 Å². The molecule has 0 aliphatic carbocycles. The average molecular weight is 298 g/mol. The molecule has 2 aromatic heterocycles. The van der Waals surface area contributed by atoms with Crippen LogP contribution in [-0.2, 0) is 11.3 Å². The van der Waals surface area contributed by atoms with Crippen molar-refractivity contribution in [1.29, 1.82) is 0 Å². The first-order valence-electron chi connectivity index (χ1n) is 6.57. The molecule has 2 heterocycles. The first-order chi connectivity index (χ1) is 10.2. The van der Waals surface area contributed by atoms with E-state index in [9.17, 15) is 4.79 Å². The van der Waals surface area contributed by atoms with Gasteiger partial charge in [0, 0.05) is 17.0 Å². The molecule has 0 spiro atoms. The number of aryl methyl sites for hydroxylation is 1. The number of thiophene rings is 1. The second-order valence-electron chi connectivity index (χ2n) is 4.60. The zero-order chi connectivity index (χ0) is 14.7. The molecule has 3 aromatic rings. The lowest BCUT2D eigenvalue weighted by atomic mass is 10.3. The summed E-state index contributed by atoms with van der Waals surface area (Å²) in [4.78, 5) is 17.2. The van der Waals surface area contributed by atoms with Crippen molar-refractivity contribution in [3.05, 3.63) is 58.1 Å². The monoisotopic (exact) mass is 298 g/mol. The zero-order valence-corrected chi connectivity index (χ0v) is 12.3. The van der Waals surface area contributed by atoms with Gasteiger partial charge in [-0.15, -0.1) is 11.3 Å². The minimum atomic E-state index is -0.162. The Morgan fingerprint density at radius 3 is 3.00 bits per heavy atom. The number of carbonyl (C=O) groups is 1. The molecule has 0 saturated heterocycles. The molecule has 0 aliphatic heterocycles. The highest BCUT2D eigenvalue weighted by Crippen LogP contribution is 2.16. The molecule has 106 valence electrons. The molecule has 5 heteroatoms. The fraction of sp³-hybridized carbons (Fsp3) is 0.125. The van der Waals surface area contributed by atoms with Crippen molar-refractivity contribution in [2.24, 2.45) is 0 Å². The number of rotatable bonds is 4. The van der Waals surface area contributed by atoms with Crippen LogP contribution in [0.2, 0.25) is 0 Å². The maximum Gasteiger partial charge on any atom is 0.244 e. The summed E-state index contributed by atoms with van der Waals surface area (Å²) in [5, 5.41) is 4.86. The largest absolute Gasteiger partial charge is 0.437 e. The van der Waals surface area contributed by atoms with Gasteiger partial charge in [0.2, 0.25) is 11.8 Å². The lowest BCUT2D eigenvalue weighted by Crippen LogP contribution is -2.19. The lowest BCUT2D eigenvalue weighted by molar-refractivity contribution is -0.116. The molecular formula is C16H14N2O2S. The normalized spacial score (nSPS) is 11.3. The highest BCUT2D eigenvalue weighted by molar-refractivity contribution is 7.10. The summed E-state index contributed by atoms with van der Waals surface area (Å²) in [6, 6.07) is 9.54. The van der Waals surface area contributed by atoms with Crippen molar-refractivity contribution < 1.29 is 9.21 Å². The van der Waals surface area contributed by atoms with Gasteiger partial charge in [0.05, 0.1) is 6.54 Å². The molecule has 0 saturated carbocycles. The van der Waals surface area contributed by atoms with Crippen LogP contribution in [0.25, 0.3) is 17.2 Å². The van der Waals surface area contributed by atoms with Gasteiger partial charge in [-0.2, -0.15) is 0 Å². The number of carbonyl (C=O) groups excluding carboxylic acids is 1. The highest BCUT2D eigenvalue weighted by Gasteiger charge is 2.04. The predicted molar refractivity (Wildman–Crippen MR) is 83.9 cm³/mol. The average Bonchev–Trinajstić information content (AvgIpc) is 3.08. The first kappa shape index (κ1) is 13.6. The van der Waals surface area contributed by atoms with Gasteiger partial charge in [-0.25, -0.2) is 4.98 Å². The number of oxazole rings is 1. The maximum atomic E-state index is 11.8. The van der Waals surface area contributed by atoms with Crippen LogP contribution in [0.15, 0.2) is 46.2 Å². The van der Waals surface area contributed by atoms with Crippen LogP contribution in [0.4, 0.5) is 0 Å². The molecule has 0 atom stereocenters. The molecule has 1 N–H and O–H groups in total. The van der Waals surface area contributed by atoms with Gasteiger partial charge in [0.1, 0.15) is 5.52 Å². The van der Waals surface area contributed by atoms with Crippen molar-refractivity contribution in [3.8, 4) is 0 Å². The van der Waals surface area contributed by atoms with E-state index in [-0.39, 0.29) is 5.91 Å². The Balaban J connectivity index is 1.62. The van der Waals surface area contributed by atoms with E-state index < -0.39 is 0 Å². The third-order valence-corrected chi connectivity index (χ3v) is 4.10. The van der Waals surface area contributed by atoms with Gasteiger partial charge in [-0.05, 0) is 36.1 Å². The third kappa shape index (κ3) is 3.20. The SMILES string of the molecule is Cc1ccsc1CNC(=O)/C=C/c1nc2ccccc2o1. The van der Waals surface area contributed by atoms with E-state index in [4.69, 9.17) is 4.42 Å². The summed E-state index contributed by atoms with van der Waals surface area (Å²) in [7, 11) is 0. The van der Waals surface area contributed by atoms with Crippen LogP contribution in [0.3, 0.4) is 0 Å². The number of fused-ring (bicyclic) bond motifs is 1. The molecule has 0 radical (unpaired) electrons. The maximum absolute atomic E-state index is 11.8. The summed E-state index contributed by atoms with van der Waals surface area (Å²) >= 11 is 1.64. The van der Waals surface area contributed by atoms with Gasteiger partial charge in [0.25, 0.3) is 0 Å². The molecule has 0 unspecified atom stereocenters. The second kappa shape index (κ2) is 5.93. The Kier molecular flexibility index (Phi) is 3.83. The Bertz CT molecular complexity index is 768. The van der Waals surface area contributed by atoms with Crippen molar-refractivity contribution in [2.45, 2.75) is 13.5 Å². The summed E-state index contributed by atoms with van der Waals surface area (Å²) < 4.78 is 5.51. The van der Waals surface area contributed by atoms with Crippen LogP contribution >= 0.6 is 11.3 Å². The molecule has 0 bridgehead atoms. The van der Waals surface area contributed by atoms with E-state index in [2.05, 4.69) is 10.3 Å². The van der Waals surface area contributed by atoms with Gasteiger partial charge in [-0.1, -0.05) is 12.1 Å². The quantitative estimate of drug-likeness (QED) is 0.750. The van der Waals surface area contributed by atoms with E-state index >= 15 is 0 Å².